The third kappa shape index (κ3) is 4.87. The second-order valence-electron chi connectivity index (χ2n) is 5.23. The number of hydrogen-bond acceptors (Lipinski definition) is 3. The Morgan fingerprint density at radius 3 is 2.71 bits per heavy atom. The maximum Gasteiger partial charge on any atom is 0.124 e. The number of hydrogen-bond donors (Lipinski definition) is 1. The molecule has 1 heterocycles. The van der Waals surface area contributed by atoms with Crippen molar-refractivity contribution in [3.8, 4) is 5.75 Å². The number of ether oxygens (including phenoxy) is 1. The second-order valence-corrected chi connectivity index (χ2v) is 6.01. The lowest BCUT2D eigenvalue weighted by atomic mass is 9.99. The lowest BCUT2D eigenvalue weighted by Crippen LogP contribution is -2.24. The molecular formula is C18H25NOS. The van der Waals surface area contributed by atoms with E-state index in [9.17, 15) is 0 Å². The van der Waals surface area contributed by atoms with Gasteiger partial charge in [0, 0.05) is 11.6 Å². The molecule has 0 aliphatic heterocycles. The Morgan fingerprint density at radius 1 is 1.14 bits per heavy atom. The Kier molecular flexibility index (Phi) is 6.77. The van der Waals surface area contributed by atoms with Crippen molar-refractivity contribution in [2.24, 2.45) is 0 Å². The fourth-order valence-corrected chi connectivity index (χ4v) is 3.05. The van der Waals surface area contributed by atoms with E-state index < -0.39 is 0 Å². The first-order chi connectivity index (χ1) is 10.3. The molecule has 0 bridgehead atoms. The van der Waals surface area contributed by atoms with Crippen LogP contribution in [0.1, 0.15) is 43.9 Å². The van der Waals surface area contributed by atoms with Gasteiger partial charge in [-0.1, -0.05) is 32.0 Å². The zero-order chi connectivity index (χ0) is 14.9. The molecule has 2 aromatic rings. The normalized spacial score (nSPS) is 12.3. The first kappa shape index (κ1) is 16.1. The monoisotopic (exact) mass is 303 g/mol. The summed E-state index contributed by atoms with van der Waals surface area (Å²) < 4.78 is 5.93. The highest BCUT2D eigenvalue weighted by Crippen LogP contribution is 2.28. The minimum Gasteiger partial charge on any atom is -0.493 e. The molecule has 21 heavy (non-hydrogen) atoms. The van der Waals surface area contributed by atoms with Crippen molar-refractivity contribution in [1.82, 2.24) is 5.32 Å². The molecule has 3 heteroatoms. The van der Waals surface area contributed by atoms with E-state index in [-0.39, 0.29) is 0 Å². The summed E-state index contributed by atoms with van der Waals surface area (Å²) >= 11 is 1.76. The van der Waals surface area contributed by atoms with Crippen LogP contribution in [0.2, 0.25) is 0 Å². The van der Waals surface area contributed by atoms with Gasteiger partial charge >= 0.3 is 0 Å². The first-order valence-corrected chi connectivity index (χ1v) is 8.75. The highest BCUT2D eigenvalue weighted by atomic mass is 32.1. The number of thiophene rings is 1. The summed E-state index contributed by atoms with van der Waals surface area (Å²) in [6.45, 7) is 6.14. The molecule has 0 radical (unpaired) electrons. The van der Waals surface area contributed by atoms with Crippen LogP contribution in [0.4, 0.5) is 0 Å². The van der Waals surface area contributed by atoms with E-state index in [1.165, 1.54) is 11.1 Å². The molecule has 0 fully saturated rings. The molecule has 0 amide bonds. The van der Waals surface area contributed by atoms with E-state index in [4.69, 9.17) is 4.74 Å². The molecule has 1 unspecified atom stereocenters. The maximum atomic E-state index is 5.93. The molecule has 1 aromatic carbocycles. The molecule has 0 spiro atoms. The lowest BCUT2D eigenvalue weighted by molar-refractivity contribution is 0.309. The largest absolute Gasteiger partial charge is 0.493 e. The smallest absolute Gasteiger partial charge is 0.124 e. The molecule has 114 valence electrons. The summed E-state index contributed by atoms with van der Waals surface area (Å²) in [5, 5.41) is 8.04. The van der Waals surface area contributed by atoms with Crippen molar-refractivity contribution >= 4 is 11.3 Å². The molecule has 1 atom stereocenters. The van der Waals surface area contributed by atoms with Crippen molar-refractivity contribution in [3.05, 3.63) is 52.2 Å². The van der Waals surface area contributed by atoms with Gasteiger partial charge in [0.2, 0.25) is 0 Å². The molecular weight excluding hydrogens is 278 g/mol. The molecule has 2 rings (SSSR count). The van der Waals surface area contributed by atoms with Crippen LogP contribution in [0.3, 0.4) is 0 Å². The van der Waals surface area contributed by atoms with E-state index in [0.29, 0.717) is 6.04 Å². The van der Waals surface area contributed by atoms with Gasteiger partial charge in [-0.25, -0.2) is 0 Å². The van der Waals surface area contributed by atoms with Crippen LogP contribution in [-0.2, 0) is 6.42 Å². The Morgan fingerprint density at radius 2 is 2.00 bits per heavy atom. The van der Waals surface area contributed by atoms with E-state index in [2.05, 4.69) is 60.3 Å². The van der Waals surface area contributed by atoms with Crippen LogP contribution < -0.4 is 10.1 Å². The number of para-hydroxylation sites is 1. The fraction of sp³-hybridized carbons (Fsp3) is 0.444. The van der Waals surface area contributed by atoms with Crippen molar-refractivity contribution < 1.29 is 4.74 Å². The summed E-state index contributed by atoms with van der Waals surface area (Å²) in [6, 6.07) is 10.9. The van der Waals surface area contributed by atoms with Crippen molar-refractivity contribution in [2.75, 3.05) is 13.2 Å². The number of rotatable bonds is 9. The van der Waals surface area contributed by atoms with E-state index in [0.717, 1.165) is 38.2 Å². The lowest BCUT2D eigenvalue weighted by Gasteiger charge is -2.21. The zero-order valence-corrected chi connectivity index (χ0v) is 13.8. The predicted molar refractivity (Wildman–Crippen MR) is 91.3 cm³/mol. The van der Waals surface area contributed by atoms with Crippen LogP contribution in [-0.4, -0.2) is 13.2 Å². The summed E-state index contributed by atoms with van der Waals surface area (Å²) in [7, 11) is 0. The van der Waals surface area contributed by atoms with Gasteiger partial charge in [0.1, 0.15) is 5.75 Å². The molecule has 1 aromatic heterocycles. The van der Waals surface area contributed by atoms with Crippen molar-refractivity contribution in [1.29, 1.82) is 0 Å². The summed E-state index contributed by atoms with van der Waals surface area (Å²) in [5.41, 5.74) is 2.66. The van der Waals surface area contributed by atoms with Gasteiger partial charge in [0.05, 0.1) is 6.61 Å². The number of nitrogens with one attached hydrogen (secondary N) is 1. The summed E-state index contributed by atoms with van der Waals surface area (Å²) in [6.07, 6.45) is 3.18. The van der Waals surface area contributed by atoms with Gasteiger partial charge in [-0.15, -0.1) is 0 Å². The quantitative estimate of drug-likeness (QED) is 0.717. The fourth-order valence-electron chi connectivity index (χ4n) is 2.37. The Hall–Kier alpha value is -1.32. The third-order valence-corrected chi connectivity index (χ3v) is 4.15. The Labute approximate surface area is 132 Å². The van der Waals surface area contributed by atoms with Crippen LogP contribution in [0.15, 0.2) is 41.1 Å². The molecule has 0 aliphatic carbocycles. The minimum atomic E-state index is 0.313. The molecule has 0 aliphatic rings. The van der Waals surface area contributed by atoms with E-state index in [1.807, 2.05) is 0 Å². The van der Waals surface area contributed by atoms with Gasteiger partial charge in [-0.2, -0.15) is 11.3 Å². The molecule has 2 nitrogen and oxygen atoms in total. The minimum absolute atomic E-state index is 0.313. The summed E-state index contributed by atoms with van der Waals surface area (Å²) in [4.78, 5) is 0. The van der Waals surface area contributed by atoms with Gasteiger partial charge < -0.3 is 10.1 Å². The molecule has 0 saturated heterocycles. The standard InChI is InChI=1S/C18H25NOS/c1-3-10-19-17(13-15-9-12-21-14-15)16-7-5-6-8-18(16)20-11-4-2/h5-9,12,14,17,19H,3-4,10-11,13H2,1-2H3. The van der Waals surface area contributed by atoms with Crippen LogP contribution in [0.5, 0.6) is 5.75 Å². The Bertz CT molecular complexity index is 510. The van der Waals surface area contributed by atoms with E-state index in [1.54, 1.807) is 11.3 Å². The topological polar surface area (TPSA) is 21.3 Å². The SMILES string of the molecule is CCCNC(Cc1ccsc1)c1ccccc1OCCC. The van der Waals surface area contributed by atoms with Gasteiger partial charge in [0.25, 0.3) is 0 Å². The van der Waals surface area contributed by atoms with Crippen LogP contribution >= 0.6 is 11.3 Å². The van der Waals surface area contributed by atoms with Gasteiger partial charge in [-0.05, 0) is 54.3 Å². The van der Waals surface area contributed by atoms with Gasteiger partial charge in [0.15, 0.2) is 0 Å². The number of benzene rings is 1. The predicted octanol–water partition coefficient (Wildman–Crippen LogP) is 4.82. The third-order valence-electron chi connectivity index (χ3n) is 3.42. The first-order valence-electron chi connectivity index (χ1n) is 7.81. The van der Waals surface area contributed by atoms with Crippen LogP contribution in [0, 0.1) is 0 Å². The second kappa shape index (κ2) is 8.85. The average molecular weight is 303 g/mol. The maximum absolute atomic E-state index is 5.93. The van der Waals surface area contributed by atoms with E-state index >= 15 is 0 Å². The zero-order valence-electron chi connectivity index (χ0n) is 13.0. The molecule has 1 N–H and O–H groups in total. The summed E-state index contributed by atoms with van der Waals surface area (Å²) in [5.74, 6) is 1.02. The van der Waals surface area contributed by atoms with Crippen molar-refractivity contribution in [2.45, 2.75) is 39.2 Å². The van der Waals surface area contributed by atoms with Crippen LogP contribution in [0.25, 0.3) is 0 Å². The highest BCUT2D eigenvalue weighted by Gasteiger charge is 2.16. The average Bonchev–Trinajstić information content (AvgIpc) is 3.03. The molecule has 0 saturated carbocycles. The van der Waals surface area contributed by atoms with Gasteiger partial charge in [-0.3, -0.25) is 0 Å². The Balaban J connectivity index is 2.18. The highest BCUT2D eigenvalue weighted by molar-refractivity contribution is 7.07. The van der Waals surface area contributed by atoms with Crippen molar-refractivity contribution in [3.63, 3.8) is 0 Å².